The van der Waals surface area contributed by atoms with E-state index in [9.17, 15) is 9.59 Å². The second kappa shape index (κ2) is 8.02. The Hall–Kier alpha value is -2.54. The van der Waals surface area contributed by atoms with Crippen molar-refractivity contribution in [3.8, 4) is 11.5 Å². The third-order valence-corrected chi connectivity index (χ3v) is 4.33. The van der Waals surface area contributed by atoms with Crippen molar-refractivity contribution in [1.82, 2.24) is 19.9 Å². The van der Waals surface area contributed by atoms with Gasteiger partial charge < -0.3 is 14.6 Å². The zero-order valence-corrected chi connectivity index (χ0v) is 14.3. The molecule has 0 saturated carbocycles. The lowest BCUT2D eigenvalue weighted by Gasteiger charge is -2.17. The summed E-state index contributed by atoms with van der Waals surface area (Å²) in [5, 5.41) is 0. The SMILES string of the molecule is CN(CCCC1CCCO1)C(=O)c1cnc(-c2ccccn2)[nH]c1=O. The molecule has 25 heavy (non-hydrogen) atoms. The molecular formula is C18H22N4O3. The summed E-state index contributed by atoms with van der Waals surface area (Å²) in [6.07, 6.45) is 7.25. The van der Waals surface area contributed by atoms with Crippen molar-refractivity contribution in [3.63, 3.8) is 0 Å². The van der Waals surface area contributed by atoms with E-state index in [1.54, 1.807) is 30.3 Å². The molecule has 3 rings (SSSR count). The molecule has 3 heterocycles. The van der Waals surface area contributed by atoms with Crippen LogP contribution in [0.15, 0.2) is 35.4 Å². The molecule has 1 amide bonds. The molecule has 1 saturated heterocycles. The van der Waals surface area contributed by atoms with Crippen LogP contribution in [0.5, 0.6) is 0 Å². The highest BCUT2D eigenvalue weighted by molar-refractivity contribution is 5.93. The Morgan fingerprint density at radius 3 is 2.96 bits per heavy atom. The van der Waals surface area contributed by atoms with Gasteiger partial charge in [0.15, 0.2) is 5.82 Å². The Morgan fingerprint density at radius 1 is 1.40 bits per heavy atom. The van der Waals surface area contributed by atoms with E-state index in [4.69, 9.17) is 4.74 Å². The maximum atomic E-state index is 12.5. The number of pyridine rings is 1. The van der Waals surface area contributed by atoms with Crippen LogP contribution >= 0.6 is 0 Å². The van der Waals surface area contributed by atoms with Gasteiger partial charge in [-0.15, -0.1) is 0 Å². The first-order valence-electron chi connectivity index (χ1n) is 8.53. The Morgan fingerprint density at radius 2 is 2.28 bits per heavy atom. The van der Waals surface area contributed by atoms with Gasteiger partial charge in [0.2, 0.25) is 0 Å². The van der Waals surface area contributed by atoms with Crippen LogP contribution in [-0.2, 0) is 4.74 Å². The number of ether oxygens (including phenoxy) is 1. The number of nitrogens with zero attached hydrogens (tertiary/aromatic N) is 3. The van der Waals surface area contributed by atoms with Crippen LogP contribution in [0.2, 0.25) is 0 Å². The standard InChI is InChI=1S/C18H22N4O3/c1-22(10-4-6-13-7-5-11-25-13)18(24)14-12-20-16(21-17(14)23)15-8-2-3-9-19-15/h2-3,8-9,12-13H,4-7,10-11H2,1H3,(H,20,21,23). The van der Waals surface area contributed by atoms with Crippen LogP contribution in [0.3, 0.4) is 0 Å². The Bertz CT molecular complexity index is 769. The van der Waals surface area contributed by atoms with Crippen molar-refractivity contribution in [2.24, 2.45) is 0 Å². The van der Waals surface area contributed by atoms with E-state index in [2.05, 4.69) is 15.0 Å². The highest BCUT2D eigenvalue weighted by Gasteiger charge is 2.19. The number of aromatic amines is 1. The fourth-order valence-electron chi connectivity index (χ4n) is 2.92. The van der Waals surface area contributed by atoms with Gasteiger partial charge in [0.1, 0.15) is 11.3 Å². The molecule has 7 heteroatoms. The lowest BCUT2D eigenvalue weighted by molar-refractivity contribution is 0.0761. The largest absolute Gasteiger partial charge is 0.378 e. The fourth-order valence-corrected chi connectivity index (χ4v) is 2.92. The van der Waals surface area contributed by atoms with Crippen molar-refractivity contribution < 1.29 is 9.53 Å². The second-order valence-electron chi connectivity index (χ2n) is 6.19. The van der Waals surface area contributed by atoms with Crippen LogP contribution in [0.1, 0.15) is 36.0 Å². The van der Waals surface area contributed by atoms with E-state index >= 15 is 0 Å². The summed E-state index contributed by atoms with van der Waals surface area (Å²) in [5.41, 5.74) is 0.148. The predicted octanol–water partition coefficient (Wildman–Crippen LogP) is 1.86. The van der Waals surface area contributed by atoms with E-state index in [1.807, 2.05) is 6.07 Å². The number of rotatable bonds is 6. The van der Waals surface area contributed by atoms with Crippen LogP contribution in [-0.4, -0.2) is 52.1 Å². The molecule has 1 aliphatic heterocycles. The zero-order chi connectivity index (χ0) is 17.6. The monoisotopic (exact) mass is 342 g/mol. The Balaban J connectivity index is 1.62. The van der Waals surface area contributed by atoms with Crippen LogP contribution in [0, 0.1) is 0 Å². The van der Waals surface area contributed by atoms with Gasteiger partial charge in [-0.3, -0.25) is 14.6 Å². The smallest absolute Gasteiger partial charge is 0.264 e. The molecule has 1 unspecified atom stereocenters. The number of carbonyl (C=O) groups is 1. The summed E-state index contributed by atoms with van der Waals surface area (Å²) in [4.78, 5) is 37.2. The summed E-state index contributed by atoms with van der Waals surface area (Å²) in [5.74, 6) is 0.0249. The Kier molecular flexibility index (Phi) is 5.55. The normalized spacial score (nSPS) is 16.8. The first-order chi connectivity index (χ1) is 12.1. The molecule has 2 aromatic rings. The number of nitrogens with one attached hydrogen (secondary N) is 1. The average Bonchev–Trinajstić information content (AvgIpc) is 3.15. The molecule has 0 aromatic carbocycles. The van der Waals surface area contributed by atoms with Crippen molar-refractivity contribution in [1.29, 1.82) is 0 Å². The molecule has 7 nitrogen and oxygen atoms in total. The first-order valence-corrected chi connectivity index (χ1v) is 8.53. The van der Waals surface area contributed by atoms with Gasteiger partial charge in [-0.1, -0.05) is 6.07 Å². The number of carbonyl (C=O) groups excluding carboxylic acids is 1. The predicted molar refractivity (Wildman–Crippen MR) is 93.3 cm³/mol. The number of H-pyrrole nitrogens is 1. The van der Waals surface area contributed by atoms with Crippen molar-refractivity contribution >= 4 is 5.91 Å². The maximum Gasteiger partial charge on any atom is 0.264 e. The molecule has 0 spiro atoms. The number of hydrogen-bond donors (Lipinski definition) is 1. The van der Waals surface area contributed by atoms with Crippen LogP contribution in [0.25, 0.3) is 11.5 Å². The first kappa shape index (κ1) is 17.3. The quantitative estimate of drug-likeness (QED) is 0.866. The molecule has 1 atom stereocenters. The summed E-state index contributed by atoms with van der Waals surface area (Å²) < 4.78 is 5.58. The molecule has 0 bridgehead atoms. The van der Waals surface area contributed by atoms with Gasteiger partial charge in [-0.05, 0) is 37.8 Å². The van der Waals surface area contributed by atoms with E-state index in [0.29, 0.717) is 24.2 Å². The van der Waals surface area contributed by atoms with E-state index in [0.717, 1.165) is 32.3 Å². The van der Waals surface area contributed by atoms with Crippen LogP contribution < -0.4 is 5.56 Å². The van der Waals surface area contributed by atoms with Gasteiger partial charge in [-0.25, -0.2) is 4.98 Å². The lowest BCUT2D eigenvalue weighted by Crippen LogP contribution is -2.33. The van der Waals surface area contributed by atoms with E-state index in [-0.39, 0.29) is 11.5 Å². The summed E-state index contributed by atoms with van der Waals surface area (Å²) in [6, 6.07) is 5.34. The van der Waals surface area contributed by atoms with Gasteiger partial charge in [0.25, 0.3) is 11.5 Å². The third-order valence-electron chi connectivity index (χ3n) is 4.33. The topological polar surface area (TPSA) is 88.2 Å². The number of hydrogen-bond acceptors (Lipinski definition) is 5. The minimum absolute atomic E-state index is 0.0410. The molecule has 0 radical (unpaired) electrons. The zero-order valence-electron chi connectivity index (χ0n) is 14.3. The third kappa shape index (κ3) is 4.30. The van der Waals surface area contributed by atoms with Gasteiger partial charge in [0.05, 0.1) is 6.10 Å². The number of aromatic nitrogens is 3. The maximum absolute atomic E-state index is 12.5. The molecule has 1 N–H and O–H groups in total. The number of amides is 1. The minimum Gasteiger partial charge on any atom is -0.378 e. The molecule has 1 aliphatic rings. The summed E-state index contributed by atoms with van der Waals surface area (Å²) in [7, 11) is 1.70. The molecule has 132 valence electrons. The van der Waals surface area contributed by atoms with Crippen molar-refractivity contribution in [3.05, 3.63) is 46.5 Å². The average molecular weight is 342 g/mol. The Labute approximate surface area is 146 Å². The van der Waals surface area contributed by atoms with E-state index < -0.39 is 5.56 Å². The highest BCUT2D eigenvalue weighted by Crippen LogP contribution is 2.17. The van der Waals surface area contributed by atoms with Crippen molar-refractivity contribution in [2.75, 3.05) is 20.2 Å². The fraction of sp³-hybridized carbons (Fsp3) is 0.444. The second-order valence-corrected chi connectivity index (χ2v) is 6.19. The van der Waals surface area contributed by atoms with E-state index in [1.165, 1.54) is 6.20 Å². The van der Waals surface area contributed by atoms with Gasteiger partial charge in [0, 0.05) is 32.6 Å². The lowest BCUT2D eigenvalue weighted by atomic mass is 10.1. The van der Waals surface area contributed by atoms with Crippen molar-refractivity contribution in [2.45, 2.75) is 31.8 Å². The molecular weight excluding hydrogens is 320 g/mol. The minimum atomic E-state index is -0.452. The summed E-state index contributed by atoms with van der Waals surface area (Å²) >= 11 is 0. The van der Waals surface area contributed by atoms with Gasteiger partial charge >= 0.3 is 0 Å². The van der Waals surface area contributed by atoms with Gasteiger partial charge in [-0.2, -0.15) is 0 Å². The molecule has 1 fully saturated rings. The highest BCUT2D eigenvalue weighted by atomic mass is 16.5. The summed E-state index contributed by atoms with van der Waals surface area (Å²) in [6.45, 7) is 1.42. The molecule has 2 aromatic heterocycles. The van der Waals surface area contributed by atoms with Crippen LogP contribution in [0.4, 0.5) is 0 Å². The molecule has 0 aliphatic carbocycles.